The molecule has 2 aromatic carbocycles. The van der Waals surface area contributed by atoms with Crippen LogP contribution in [-0.2, 0) is 6.18 Å². The Kier molecular flexibility index (Phi) is 4.69. The third-order valence-electron chi connectivity index (χ3n) is 3.34. The molecule has 0 saturated heterocycles. The molecule has 1 heterocycles. The zero-order chi connectivity index (χ0) is 17.5. The Morgan fingerprint density at radius 1 is 0.958 bits per heavy atom. The standard InChI is InChI=1S/C17H8BrCl2F3O/c18-13-8-15(12-5-4-11(19)7-14(12)20)24-16(13)9-2-1-3-10(6-9)17(21,22)23/h1-8H. The van der Waals surface area contributed by atoms with Crippen molar-refractivity contribution in [3.63, 3.8) is 0 Å². The quantitative estimate of drug-likeness (QED) is 0.401. The molecule has 1 aromatic heterocycles. The van der Waals surface area contributed by atoms with E-state index in [1.807, 2.05) is 0 Å². The minimum Gasteiger partial charge on any atom is -0.455 e. The van der Waals surface area contributed by atoms with Crippen LogP contribution < -0.4 is 0 Å². The fourth-order valence-electron chi connectivity index (χ4n) is 2.22. The molecule has 0 radical (unpaired) electrons. The van der Waals surface area contributed by atoms with Crippen molar-refractivity contribution in [3.05, 3.63) is 68.6 Å². The molecule has 124 valence electrons. The molecule has 0 aliphatic rings. The van der Waals surface area contributed by atoms with E-state index in [2.05, 4.69) is 15.9 Å². The van der Waals surface area contributed by atoms with Gasteiger partial charge in [0.15, 0.2) is 0 Å². The molecule has 3 aromatic rings. The lowest BCUT2D eigenvalue weighted by molar-refractivity contribution is -0.137. The molecule has 0 N–H and O–H groups in total. The smallest absolute Gasteiger partial charge is 0.416 e. The molecule has 0 bridgehead atoms. The van der Waals surface area contributed by atoms with Crippen LogP contribution in [0.4, 0.5) is 13.2 Å². The van der Waals surface area contributed by atoms with E-state index < -0.39 is 11.7 Å². The average Bonchev–Trinajstić information content (AvgIpc) is 2.88. The van der Waals surface area contributed by atoms with Crippen LogP contribution >= 0.6 is 39.1 Å². The molecule has 1 nitrogen and oxygen atoms in total. The lowest BCUT2D eigenvalue weighted by atomic mass is 10.1. The molecular formula is C17H8BrCl2F3O. The highest BCUT2D eigenvalue weighted by molar-refractivity contribution is 9.10. The minimum atomic E-state index is -4.42. The van der Waals surface area contributed by atoms with Crippen LogP contribution in [0.1, 0.15) is 5.56 Å². The van der Waals surface area contributed by atoms with E-state index in [1.54, 1.807) is 30.3 Å². The largest absolute Gasteiger partial charge is 0.455 e. The van der Waals surface area contributed by atoms with Gasteiger partial charge in [0, 0.05) is 16.1 Å². The zero-order valence-corrected chi connectivity index (χ0v) is 14.9. The van der Waals surface area contributed by atoms with Crippen molar-refractivity contribution in [1.82, 2.24) is 0 Å². The first-order chi connectivity index (χ1) is 11.3. The van der Waals surface area contributed by atoms with Gasteiger partial charge in [0.2, 0.25) is 0 Å². The number of hydrogen-bond acceptors (Lipinski definition) is 1. The first-order valence-corrected chi connectivity index (χ1v) is 8.23. The summed E-state index contributed by atoms with van der Waals surface area (Å²) in [5, 5.41) is 0.867. The molecule has 0 saturated carbocycles. The van der Waals surface area contributed by atoms with Gasteiger partial charge in [0.25, 0.3) is 0 Å². The third kappa shape index (κ3) is 3.48. The maximum atomic E-state index is 12.9. The SMILES string of the molecule is FC(F)(F)c1cccc(-c2oc(-c3ccc(Cl)cc3Cl)cc2Br)c1. The summed E-state index contributed by atoms with van der Waals surface area (Å²) in [6.07, 6.45) is -4.42. The van der Waals surface area contributed by atoms with Crippen molar-refractivity contribution in [2.24, 2.45) is 0 Å². The number of alkyl halides is 3. The summed E-state index contributed by atoms with van der Waals surface area (Å²) in [7, 11) is 0. The predicted octanol–water partition coefficient (Wildman–Crippen LogP) is 7.70. The van der Waals surface area contributed by atoms with Crippen molar-refractivity contribution in [2.75, 3.05) is 0 Å². The summed E-state index contributed by atoms with van der Waals surface area (Å²) >= 11 is 15.3. The summed E-state index contributed by atoms with van der Waals surface area (Å²) < 4.78 is 44.9. The number of hydrogen-bond donors (Lipinski definition) is 0. The van der Waals surface area contributed by atoms with Gasteiger partial charge in [-0.3, -0.25) is 0 Å². The summed E-state index contributed by atoms with van der Waals surface area (Å²) in [4.78, 5) is 0. The van der Waals surface area contributed by atoms with Crippen molar-refractivity contribution in [2.45, 2.75) is 6.18 Å². The van der Waals surface area contributed by atoms with Crippen LogP contribution in [0.2, 0.25) is 10.0 Å². The fourth-order valence-corrected chi connectivity index (χ4v) is 3.24. The van der Waals surface area contributed by atoms with Crippen molar-refractivity contribution >= 4 is 39.1 Å². The zero-order valence-electron chi connectivity index (χ0n) is 11.8. The second-order valence-corrected chi connectivity index (χ2v) is 6.69. The maximum absolute atomic E-state index is 12.9. The second-order valence-electron chi connectivity index (χ2n) is 4.99. The Morgan fingerprint density at radius 3 is 2.38 bits per heavy atom. The number of rotatable bonds is 2. The van der Waals surface area contributed by atoms with Crippen molar-refractivity contribution in [3.8, 4) is 22.6 Å². The van der Waals surface area contributed by atoms with Gasteiger partial charge in [-0.15, -0.1) is 0 Å². The Bertz CT molecular complexity index is 903. The summed E-state index contributed by atoms with van der Waals surface area (Å²) in [5.74, 6) is 0.720. The van der Waals surface area contributed by atoms with E-state index in [9.17, 15) is 13.2 Å². The van der Waals surface area contributed by atoms with Gasteiger partial charge in [0.05, 0.1) is 15.1 Å². The lowest BCUT2D eigenvalue weighted by Crippen LogP contribution is -2.04. The van der Waals surface area contributed by atoms with Crippen LogP contribution in [0.15, 0.2) is 57.4 Å². The Hall–Kier alpha value is -1.43. The molecule has 24 heavy (non-hydrogen) atoms. The molecule has 0 amide bonds. The maximum Gasteiger partial charge on any atom is 0.416 e. The average molecular weight is 436 g/mol. The highest BCUT2D eigenvalue weighted by atomic mass is 79.9. The van der Waals surface area contributed by atoms with Gasteiger partial charge in [0.1, 0.15) is 11.5 Å². The highest BCUT2D eigenvalue weighted by Crippen LogP contribution is 2.40. The van der Waals surface area contributed by atoms with Gasteiger partial charge in [-0.05, 0) is 52.3 Å². The summed E-state index contributed by atoms with van der Waals surface area (Å²) in [6, 6.07) is 11.5. The van der Waals surface area contributed by atoms with E-state index in [1.165, 1.54) is 6.07 Å². The van der Waals surface area contributed by atoms with E-state index in [-0.39, 0.29) is 0 Å². The number of benzene rings is 2. The van der Waals surface area contributed by atoms with Crippen LogP contribution in [0.3, 0.4) is 0 Å². The first kappa shape index (κ1) is 17.4. The molecule has 0 aliphatic carbocycles. The van der Waals surface area contributed by atoms with Gasteiger partial charge < -0.3 is 4.42 Å². The van der Waals surface area contributed by atoms with Crippen LogP contribution in [0, 0.1) is 0 Å². The van der Waals surface area contributed by atoms with Gasteiger partial charge in [-0.25, -0.2) is 0 Å². The molecule has 0 fully saturated rings. The number of furan rings is 1. The predicted molar refractivity (Wildman–Crippen MR) is 92.3 cm³/mol. The third-order valence-corrected chi connectivity index (χ3v) is 4.47. The van der Waals surface area contributed by atoms with E-state index in [4.69, 9.17) is 27.6 Å². The van der Waals surface area contributed by atoms with Crippen LogP contribution in [0.5, 0.6) is 0 Å². The second kappa shape index (κ2) is 6.47. The first-order valence-electron chi connectivity index (χ1n) is 6.68. The lowest BCUT2D eigenvalue weighted by Gasteiger charge is -2.07. The normalized spacial score (nSPS) is 11.8. The molecule has 0 unspecified atom stereocenters. The Morgan fingerprint density at radius 2 is 1.71 bits per heavy atom. The summed E-state index contributed by atoms with van der Waals surface area (Å²) in [5.41, 5.74) is 0.169. The Balaban J connectivity index is 2.07. The van der Waals surface area contributed by atoms with E-state index in [0.717, 1.165) is 12.1 Å². The Labute approximate surface area is 154 Å². The van der Waals surface area contributed by atoms with Crippen molar-refractivity contribution < 1.29 is 17.6 Å². The van der Waals surface area contributed by atoms with Gasteiger partial charge in [-0.2, -0.15) is 13.2 Å². The molecule has 7 heteroatoms. The minimum absolute atomic E-state index is 0.294. The topological polar surface area (TPSA) is 13.1 Å². The monoisotopic (exact) mass is 434 g/mol. The molecular weight excluding hydrogens is 428 g/mol. The highest BCUT2D eigenvalue weighted by Gasteiger charge is 2.31. The molecule has 0 spiro atoms. The van der Waals surface area contributed by atoms with Gasteiger partial charge in [-0.1, -0.05) is 35.3 Å². The van der Waals surface area contributed by atoms with E-state index >= 15 is 0 Å². The molecule has 0 atom stereocenters. The van der Waals surface area contributed by atoms with Crippen LogP contribution in [0.25, 0.3) is 22.6 Å². The van der Waals surface area contributed by atoms with Crippen LogP contribution in [-0.4, -0.2) is 0 Å². The van der Waals surface area contributed by atoms with E-state index in [0.29, 0.717) is 37.2 Å². The summed E-state index contributed by atoms with van der Waals surface area (Å²) in [6.45, 7) is 0. The van der Waals surface area contributed by atoms with Crippen molar-refractivity contribution in [1.29, 1.82) is 0 Å². The fraction of sp³-hybridized carbons (Fsp3) is 0.0588. The molecule has 0 aliphatic heterocycles. The molecule has 3 rings (SSSR count). The van der Waals surface area contributed by atoms with Gasteiger partial charge >= 0.3 is 6.18 Å². The number of halogens is 6.